The maximum Gasteiger partial charge on any atom is 0.339 e. The van der Waals surface area contributed by atoms with Crippen molar-refractivity contribution in [1.82, 2.24) is 5.32 Å². The second-order valence-electron chi connectivity index (χ2n) is 7.76. The van der Waals surface area contributed by atoms with Gasteiger partial charge >= 0.3 is 5.97 Å². The van der Waals surface area contributed by atoms with E-state index < -0.39 is 12.1 Å². The minimum absolute atomic E-state index is 0.108. The van der Waals surface area contributed by atoms with E-state index in [1.807, 2.05) is 56.3 Å². The van der Waals surface area contributed by atoms with Gasteiger partial charge in [-0.1, -0.05) is 60.7 Å². The Morgan fingerprint density at radius 2 is 1.65 bits per heavy atom. The van der Waals surface area contributed by atoms with Gasteiger partial charge in [-0.3, -0.25) is 0 Å². The topological polar surface area (TPSA) is 78.8 Å². The maximum absolute atomic E-state index is 11.4. The molecular weight excluding hydrogens is 390 g/mol. The van der Waals surface area contributed by atoms with E-state index in [0.29, 0.717) is 12.3 Å². The predicted octanol–water partition coefficient (Wildman–Crippen LogP) is 4.70. The Kier molecular flexibility index (Phi) is 7.82. The molecule has 0 fully saturated rings. The molecule has 0 radical (unpaired) electrons. The van der Waals surface area contributed by atoms with Crippen molar-refractivity contribution in [1.29, 1.82) is 0 Å². The summed E-state index contributed by atoms with van der Waals surface area (Å²) < 4.78 is 5.70. The highest BCUT2D eigenvalue weighted by atomic mass is 16.5. The van der Waals surface area contributed by atoms with Crippen LogP contribution in [0.5, 0.6) is 5.75 Å². The van der Waals surface area contributed by atoms with Gasteiger partial charge in [0.15, 0.2) is 0 Å². The highest BCUT2D eigenvalue weighted by molar-refractivity contribution is 5.92. The fraction of sp³-hybridized carbons (Fsp3) is 0.269. The first kappa shape index (κ1) is 22.5. The van der Waals surface area contributed by atoms with Gasteiger partial charge in [-0.15, -0.1) is 0 Å². The molecule has 0 bridgehead atoms. The van der Waals surface area contributed by atoms with E-state index in [1.54, 1.807) is 18.2 Å². The van der Waals surface area contributed by atoms with Crippen LogP contribution in [0.2, 0.25) is 0 Å². The van der Waals surface area contributed by atoms with Gasteiger partial charge in [-0.05, 0) is 61.2 Å². The number of aliphatic hydroxyl groups excluding tert-OH is 1. The number of nitrogens with one attached hydrogen (secondary N) is 1. The Labute approximate surface area is 183 Å². The molecule has 0 heterocycles. The molecule has 162 valence electrons. The number of hydrogen-bond donors (Lipinski definition) is 3. The zero-order valence-corrected chi connectivity index (χ0v) is 17.9. The summed E-state index contributed by atoms with van der Waals surface area (Å²) in [6.07, 6.45) is 0.227. The molecule has 0 aliphatic carbocycles. The minimum Gasteiger partial charge on any atom is -0.490 e. The molecule has 3 aromatic rings. The number of hydrogen-bond acceptors (Lipinski definition) is 4. The van der Waals surface area contributed by atoms with Gasteiger partial charge in [0.2, 0.25) is 0 Å². The lowest BCUT2D eigenvalue weighted by molar-refractivity contribution is 0.0690. The number of carboxylic acids is 1. The molecule has 0 unspecified atom stereocenters. The third kappa shape index (κ3) is 6.41. The van der Waals surface area contributed by atoms with Gasteiger partial charge in [-0.2, -0.15) is 0 Å². The number of carbonyl (C=O) groups is 1. The number of carboxylic acid groups (broad SMARTS) is 1. The van der Waals surface area contributed by atoms with Crippen LogP contribution in [-0.2, 0) is 6.42 Å². The fourth-order valence-corrected chi connectivity index (χ4v) is 3.36. The van der Waals surface area contributed by atoms with E-state index >= 15 is 0 Å². The molecular formula is C26H29NO4. The molecule has 3 aromatic carbocycles. The van der Waals surface area contributed by atoms with E-state index in [-0.39, 0.29) is 11.7 Å². The molecule has 0 aromatic heterocycles. The van der Waals surface area contributed by atoms with Crippen LogP contribution < -0.4 is 10.1 Å². The van der Waals surface area contributed by atoms with E-state index in [1.165, 1.54) is 5.56 Å². The molecule has 0 aliphatic heterocycles. The van der Waals surface area contributed by atoms with Crippen molar-refractivity contribution in [2.75, 3.05) is 13.1 Å². The normalized spacial score (nSPS) is 12.0. The summed E-state index contributed by atoms with van der Waals surface area (Å²) in [5.41, 5.74) is 4.18. The Morgan fingerprint density at radius 1 is 0.968 bits per heavy atom. The van der Waals surface area contributed by atoms with E-state index in [2.05, 4.69) is 17.4 Å². The SMILES string of the molecule is CC(C)Oc1cc(-c2ccc(CCNC[C@H](O)c3ccccc3)cc2)ccc1C(=O)O. The van der Waals surface area contributed by atoms with Crippen molar-refractivity contribution in [3.8, 4) is 16.9 Å². The average molecular weight is 420 g/mol. The van der Waals surface area contributed by atoms with Gasteiger partial charge in [-0.25, -0.2) is 4.79 Å². The number of rotatable bonds is 10. The monoisotopic (exact) mass is 419 g/mol. The predicted molar refractivity (Wildman–Crippen MR) is 123 cm³/mol. The van der Waals surface area contributed by atoms with Crippen LogP contribution >= 0.6 is 0 Å². The first-order valence-electron chi connectivity index (χ1n) is 10.5. The Bertz CT molecular complexity index is 984. The van der Waals surface area contributed by atoms with Gasteiger partial charge in [0.1, 0.15) is 11.3 Å². The third-order valence-corrected chi connectivity index (χ3v) is 4.97. The first-order chi connectivity index (χ1) is 14.9. The van der Waals surface area contributed by atoms with Crippen LogP contribution in [0.15, 0.2) is 72.8 Å². The van der Waals surface area contributed by atoms with Crippen molar-refractivity contribution in [2.24, 2.45) is 0 Å². The second-order valence-corrected chi connectivity index (χ2v) is 7.76. The summed E-state index contributed by atoms with van der Waals surface area (Å²) in [4.78, 5) is 11.4. The van der Waals surface area contributed by atoms with Crippen molar-refractivity contribution in [3.05, 3.63) is 89.5 Å². The second kappa shape index (κ2) is 10.8. The minimum atomic E-state index is -0.998. The van der Waals surface area contributed by atoms with Crippen molar-refractivity contribution < 1.29 is 19.7 Å². The number of ether oxygens (including phenoxy) is 1. The smallest absolute Gasteiger partial charge is 0.339 e. The lowest BCUT2D eigenvalue weighted by Gasteiger charge is -2.14. The Balaban J connectivity index is 1.58. The van der Waals surface area contributed by atoms with Gasteiger partial charge in [0, 0.05) is 6.54 Å². The van der Waals surface area contributed by atoms with Gasteiger partial charge in [0.25, 0.3) is 0 Å². The summed E-state index contributed by atoms with van der Waals surface area (Å²) in [7, 11) is 0. The molecule has 5 nitrogen and oxygen atoms in total. The van der Waals surface area contributed by atoms with Crippen molar-refractivity contribution in [2.45, 2.75) is 32.5 Å². The van der Waals surface area contributed by atoms with Crippen LogP contribution in [-0.4, -0.2) is 35.4 Å². The van der Waals surface area contributed by atoms with E-state index in [4.69, 9.17) is 4.74 Å². The van der Waals surface area contributed by atoms with Crippen LogP contribution in [0.4, 0.5) is 0 Å². The molecule has 0 saturated heterocycles. The summed E-state index contributed by atoms with van der Waals surface area (Å²) in [5.74, 6) is -0.618. The standard InChI is InChI=1S/C26H29NO4/c1-18(2)31-25-16-22(12-13-23(25)26(29)30)20-10-8-19(9-11-20)14-15-27-17-24(28)21-6-4-3-5-7-21/h3-13,16,18,24,27-28H,14-15,17H2,1-2H3,(H,29,30)/t24-/m0/s1. The molecule has 3 rings (SSSR count). The number of benzene rings is 3. The summed E-state index contributed by atoms with van der Waals surface area (Å²) in [5, 5.41) is 22.9. The molecule has 0 spiro atoms. The lowest BCUT2D eigenvalue weighted by Crippen LogP contribution is -2.23. The van der Waals surface area contributed by atoms with E-state index in [0.717, 1.165) is 29.7 Å². The van der Waals surface area contributed by atoms with Crippen LogP contribution in [0, 0.1) is 0 Å². The number of aliphatic hydroxyl groups is 1. The average Bonchev–Trinajstić information content (AvgIpc) is 2.77. The Hall–Kier alpha value is -3.15. The molecule has 1 atom stereocenters. The van der Waals surface area contributed by atoms with Crippen LogP contribution in [0.3, 0.4) is 0 Å². The molecule has 3 N–H and O–H groups in total. The zero-order chi connectivity index (χ0) is 22.2. The van der Waals surface area contributed by atoms with Crippen molar-refractivity contribution >= 4 is 5.97 Å². The number of aromatic carboxylic acids is 1. The first-order valence-corrected chi connectivity index (χ1v) is 10.5. The zero-order valence-electron chi connectivity index (χ0n) is 17.9. The summed E-state index contributed by atoms with van der Waals surface area (Å²) in [6.45, 7) is 5.03. The largest absolute Gasteiger partial charge is 0.490 e. The maximum atomic E-state index is 11.4. The summed E-state index contributed by atoms with van der Waals surface area (Å²) >= 11 is 0. The molecule has 0 saturated carbocycles. The molecule has 0 aliphatic rings. The van der Waals surface area contributed by atoms with Crippen LogP contribution in [0.1, 0.15) is 41.4 Å². The van der Waals surface area contributed by atoms with Crippen molar-refractivity contribution in [3.63, 3.8) is 0 Å². The third-order valence-electron chi connectivity index (χ3n) is 4.97. The summed E-state index contributed by atoms with van der Waals surface area (Å²) in [6, 6.07) is 23.0. The Morgan fingerprint density at radius 3 is 2.29 bits per heavy atom. The molecule has 0 amide bonds. The van der Waals surface area contributed by atoms with Gasteiger partial charge in [0.05, 0.1) is 12.2 Å². The highest BCUT2D eigenvalue weighted by Crippen LogP contribution is 2.28. The molecule has 31 heavy (non-hydrogen) atoms. The highest BCUT2D eigenvalue weighted by Gasteiger charge is 2.14. The van der Waals surface area contributed by atoms with Gasteiger partial charge < -0.3 is 20.3 Å². The quantitative estimate of drug-likeness (QED) is 0.415. The van der Waals surface area contributed by atoms with Crippen LogP contribution in [0.25, 0.3) is 11.1 Å². The molecule has 5 heteroatoms. The fourth-order valence-electron chi connectivity index (χ4n) is 3.36. The van der Waals surface area contributed by atoms with E-state index in [9.17, 15) is 15.0 Å². The lowest BCUT2D eigenvalue weighted by atomic mass is 10.0.